The van der Waals surface area contributed by atoms with Crippen LogP contribution in [0.25, 0.3) is 0 Å². The summed E-state index contributed by atoms with van der Waals surface area (Å²) in [4.78, 5) is 11.2. The summed E-state index contributed by atoms with van der Waals surface area (Å²) in [6.45, 7) is 0.186. The quantitative estimate of drug-likeness (QED) is 0.466. The number of benzene rings is 1. The van der Waals surface area contributed by atoms with Crippen LogP contribution in [0.3, 0.4) is 0 Å². The molecule has 0 radical (unpaired) electrons. The number of methoxy groups -OCH3 is 1. The lowest BCUT2D eigenvalue weighted by Crippen LogP contribution is -2.30. The Morgan fingerprint density at radius 1 is 1.42 bits per heavy atom. The molecule has 0 spiro atoms. The van der Waals surface area contributed by atoms with E-state index in [1.165, 1.54) is 4.68 Å². The number of nitrogens with two attached hydrogens (primary N) is 1. The largest absolute Gasteiger partial charge is 0.497 e. The van der Waals surface area contributed by atoms with Gasteiger partial charge in [-0.2, -0.15) is 5.10 Å². The monoisotopic (exact) mass is 262 g/mol. The molecule has 0 saturated heterocycles. The van der Waals surface area contributed by atoms with Crippen LogP contribution >= 0.6 is 0 Å². The Morgan fingerprint density at radius 3 is 2.95 bits per heavy atom. The molecule has 1 amide bonds. The van der Waals surface area contributed by atoms with Gasteiger partial charge in [-0.05, 0) is 18.2 Å². The molecule has 7 nitrogen and oxygen atoms in total. The van der Waals surface area contributed by atoms with Crippen LogP contribution in [0.2, 0.25) is 0 Å². The van der Waals surface area contributed by atoms with Gasteiger partial charge in [0.25, 0.3) is 5.91 Å². The van der Waals surface area contributed by atoms with Crippen molar-refractivity contribution in [2.45, 2.75) is 6.73 Å². The van der Waals surface area contributed by atoms with Gasteiger partial charge in [0.05, 0.1) is 7.11 Å². The fraction of sp³-hybridized carbons (Fsp3) is 0.167. The Bertz CT molecular complexity index is 568. The SMILES string of the molecule is COc1cccc(OCn2ccc(C(=O)NN)n2)c1. The molecule has 0 aliphatic heterocycles. The highest BCUT2D eigenvalue weighted by Gasteiger charge is 2.07. The van der Waals surface area contributed by atoms with Crippen molar-refractivity contribution >= 4 is 5.91 Å². The molecule has 0 bridgehead atoms. The molecular weight excluding hydrogens is 248 g/mol. The van der Waals surface area contributed by atoms with Crippen LogP contribution in [-0.2, 0) is 6.73 Å². The van der Waals surface area contributed by atoms with Crippen LogP contribution in [0.5, 0.6) is 11.5 Å². The summed E-state index contributed by atoms with van der Waals surface area (Å²) in [6, 6.07) is 8.77. The Balaban J connectivity index is 1.98. The van der Waals surface area contributed by atoms with Crippen molar-refractivity contribution in [2.24, 2.45) is 5.84 Å². The number of amides is 1. The first-order chi connectivity index (χ1) is 9.22. The lowest BCUT2D eigenvalue weighted by molar-refractivity contribution is 0.0946. The molecule has 1 aromatic carbocycles. The number of hydrogen-bond donors (Lipinski definition) is 2. The van der Waals surface area contributed by atoms with Crippen molar-refractivity contribution in [1.29, 1.82) is 0 Å². The highest BCUT2D eigenvalue weighted by Crippen LogP contribution is 2.18. The van der Waals surface area contributed by atoms with E-state index in [4.69, 9.17) is 15.3 Å². The highest BCUT2D eigenvalue weighted by molar-refractivity contribution is 5.91. The molecule has 0 aliphatic carbocycles. The van der Waals surface area contributed by atoms with Gasteiger partial charge in [0.1, 0.15) is 11.5 Å². The second kappa shape index (κ2) is 5.87. The lowest BCUT2D eigenvalue weighted by atomic mass is 10.3. The van der Waals surface area contributed by atoms with Crippen molar-refractivity contribution in [1.82, 2.24) is 15.2 Å². The molecule has 0 saturated carbocycles. The van der Waals surface area contributed by atoms with Gasteiger partial charge in [-0.3, -0.25) is 10.2 Å². The van der Waals surface area contributed by atoms with E-state index < -0.39 is 5.91 Å². The van der Waals surface area contributed by atoms with Gasteiger partial charge < -0.3 is 9.47 Å². The van der Waals surface area contributed by atoms with Crippen LogP contribution in [0.4, 0.5) is 0 Å². The number of nitrogens with zero attached hydrogens (tertiary/aromatic N) is 2. The summed E-state index contributed by atoms with van der Waals surface area (Å²) < 4.78 is 12.1. The molecule has 2 aromatic rings. The number of rotatable bonds is 5. The lowest BCUT2D eigenvalue weighted by Gasteiger charge is -2.07. The predicted molar refractivity (Wildman–Crippen MR) is 67.5 cm³/mol. The van der Waals surface area contributed by atoms with Gasteiger partial charge in [-0.25, -0.2) is 10.5 Å². The number of aromatic nitrogens is 2. The third kappa shape index (κ3) is 3.23. The van der Waals surface area contributed by atoms with Crippen molar-refractivity contribution in [3.63, 3.8) is 0 Å². The van der Waals surface area contributed by atoms with Gasteiger partial charge in [0, 0.05) is 12.3 Å². The molecule has 1 heterocycles. The first-order valence-electron chi connectivity index (χ1n) is 5.54. The van der Waals surface area contributed by atoms with Crippen LogP contribution in [0.15, 0.2) is 36.5 Å². The molecule has 19 heavy (non-hydrogen) atoms. The number of carbonyl (C=O) groups is 1. The van der Waals surface area contributed by atoms with E-state index >= 15 is 0 Å². The zero-order chi connectivity index (χ0) is 13.7. The predicted octanol–water partition coefficient (Wildman–Crippen LogP) is 0.532. The van der Waals surface area contributed by atoms with E-state index in [-0.39, 0.29) is 12.4 Å². The normalized spacial score (nSPS) is 10.0. The first-order valence-corrected chi connectivity index (χ1v) is 5.54. The third-order valence-electron chi connectivity index (χ3n) is 2.41. The average molecular weight is 262 g/mol. The molecule has 0 unspecified atom stereocenters. The van der Waals surface area contributed by atoms with Gasteiger partial charge in [-0.1, -0.05) is 6.07 Å². The maximum atomic E-state index is 11.2. The summed E-state index contributed by atoms with van der Waals surface area (Å²) in [6.07, 6.45) is 1.63. The molecule has 3 N–H and O–H groups in total. The van der Waals surface area contributed by atoms with Crippen molar-refractivity contribution < 1.29 is 14.3 Å². The molecule has 2 rings (SSSR count). The van der Waals surface area contributed by atoms with Gasteiger partial charge in [0.15, 0.2) is 12.4 Å². The van der Waals surface area contributed by atoms with Crippen molar-refractivity contribution in [3.05, 3.63) is 42.2 Å². The molecule has 0 aliphatic rings. The first kappa shape index (κ1) is 12.9. The number of nitrogens with one attached hydrogen (secondary N) is 1. The maximum absolute atomic E-state index is 11.2. The summed E-state index contributed by atoms with van der Waals surface area (Å²) >= 11 is 0. The minimum atomic E-state index is -0.444. The Morgan fingerprint density at radius 2 is 2.21 bits per heavy atom. The summed E-state index contributed by atoms with van der Waals surface area (Å²) in [7, 11) is 1.59. The molecular formula is C12H14N4O3. The van der Waals surface area contributed by atoms with Crippen LogP contribution in [0, 0.1) is 0 Å². The number of hydrazine groups is 1. The van der Waals surface area contributed by atoms with Crippen molar-refractivity contribution in [2.75, 3.05) is 7.11 Å². The molecule has 7 heteroatoms. The van der Waals surface area contributed by atoms with E-state index in [0.717, 1.165) is 0 Å². The molecule has 100 valence electrons. The standard InChI is InChI=1S/C12H14N4O3/c1-18-9-3-2-4-10(7-9)19-8-16-6-5-11(15-16)12(17)14-13/h2-7H,8,13H2,1H3,(H,14,17). The van der Waals surface area contributed by atoms with E-state index in [0.29, 0.717) is 11.5 Å². The average Bonchev–Trinajstić information content (AvgIpc) is 2.93. The smallest absolute Gasteiger partial charge is 0.285 e. The van der Waals surface area contributed by atoms with Gasteiger partial charge in [-0.15, -0.1) is 0 Å². The zero-order valence-electron chi connectivity index (χ0n) is 10.4. The van der Waals surface area contributed by atoms with E-state index in [1.807, 2.05) is 17.6 Å². The zero-order valence-corrected chi connectivity index (χ0v) is 10.4. The number of ether oxygens (including phenoxy) is 2. The molecule has 1 aromatic heterocycles. The molecule has 0 atom stereocenters. The van der Waals surface area contributed by atoms with Crippen LogP contribution < -0.4 is 20.7 Å². The van der Waals surface area contributed by atoms with Crippen LogP contribution in [-0.4, -0.2) is 22.8 Å². The highest BCUT2D eigenvalue weighted by atomic mass is 16.5. The maximum Gasteiger partial charge on any atom is 0.285 e. The van der Waals surface area contributed by atoms with E-state index in [2.05, 4.69) is 5.10 Å². The third-order valence-corrected chi connectivity index (χ3v) is 2.41. The second-order valence-corrected chi connectivity index (χ2v) is 3.67. The summed E-state index contributed by atoms with van der Waals surface area (Å²) in [5.41, 5.74) is 2.24. The number of hydrogen-bond acceptors (Lipinski definition) is 5. The topological polar surface area (TPSA) is 91.4 Å². The van der Waals surface area contributed by atoms with Crippen LogP contribution in [0.1, 0.15) is 10.5 Å². The fourth-order valence-corrected chi connectivity index (χ4v) is 1.46. The number of nitrogen functional groups attached to an aromatic ring is 1. The Labute approximate surface area is 109 Å². The minimum absolute atomic E-state index is 0.186. The van der Waals surface area contributed by atoms with E-state index in [1.54, 1.807) is 31.5 Å². The van der Waals surface area contributed by atoms with Gasteiger partial charge in [0.2, 0.25) is 0 Å². The fourth-order valence-electron chi connectivity index (χ4n) is 1.46. The number of carbonyl (C=O) groups excluding carboxylic acids is 1. The Hall–Kier alpha value is -2.54. The summed E-state index contributed by atoms with van der Waals surface area (Å²) in [5.74, 6) is 5.93. The second-order valence-electron chi connectivity index (χ2n) is 3.67. The minimum Gasteiger partial charge on any atom is -0.497 e. The molecule has 0 fully saturated rings. The van der Waals surface area contributed by atoms with Gasteiger partial charge >= 0.3 is 0 Å². The van der Waals surface area contributed by atoms with E-state index in [9.17, 15) is 4.79 Å². The van der Waals surface area contributed by atoms with Crippen molar-refractivity contribution in [3.8, 4) is 11.5 Å². The Kier molecular flexibility index (Phi) is 3.99. The summed E-state index contributed by atoms with van der Waals surface area (Å²) in [5, 5.41) is 4.01.